The van der Waals surface area contributed by atoms with Crippen LogP contribution in [0.1, 0.15) is 25.0 Å². The van der Waals surface area contributed by atoms with Gasteiger partial charge in [-0.3, -0.25) is 0 Å². The molecule has 1 saturated heterocycles. The first kappa shape index (κ1) is 14.9. The lowest BCUT2D eigenvalue weighted by molar-refractivity contribution is -0.0197. The maximum absolute atomic E-state index is 10.7. The van der Waals surface area contributed by atoms with Gasteiger partial charge in [0.05, 0.1) is 33.0 Å². The maximum atomic E-state index is 10.7. The van der Waals surface area contributed by atoms with Gasteiger partial charge >= 0.3 is 0 Å². The van der Waals surface area contributed by atoms with E-state index in [1.807, 2.05) is 0 Å². The molecular weight excluding hydrogens is 260 g/mol. The number of rotatable bonds is 5. The Balaban J connectivity index is 2.42. The van der Waals surface area contributed by atoms with Gasteiger partial charge in [0.1, 0.15) is 23.4 Å². The van der Waals surface area contributed by atoms with Crippen molar-refractivity contribution in [2.45, 2.75) is 25.6 Å². The maximum Gasteiger partial charge on any atom is 0.132 e. The SMILES string of the molecule is COc1cc(OC)c(C(O)C2OCCC2C)c(OC)c1. The fourth-order valence-corrected chi connectivity index (χ4v) is 2.61. The molecular formula is C15H22O5. The van der Waals surface area contributed by atoms with Crippen LogP contribution in [0, 0.1) is 5.92 Å². The Morgan fingerprint density at radius 2 is 1.75 bits per heavy atom. The van der Waals surface area contributed by atoms with Gasteiger partial charge in [-0.2, -0.15) is 0 Å². The average molecular weight is 282 g/mol. The number of hydrogen-bond donors (Lipinski definition) is 1. The van der Waals surface area contributed by atoms with Gasteiger partial charge in [-0.25, -0.2) is 0 Å². The zero-order chi connectivity index (χ0) is 14.7. The smallest absolute Gasteiger partial charge is 0.132 e. The summed E-state index contributed by atoms with van der Waals surface area (Å²) in [5.74, 6) is 1.99. The minimum atomic E-state index is -0.789. The van der Waals surface area contributed by atoms with Crippen molar-refractivity contribution < 1.29 is 24.1 Å². The molecule has 112 valence electrons. The van der Waals surface area contributed by atoms with Crippen molar-refractivity contribution in [3.63, 3.8) is 0 Å². The first-order chi connectivity index (χ1) is 9.62. The number of aliphatic hydroxyl groups is 1. The number of aliphatic hydroxyl groups excluding tert-OH is 1. The lowest BCUT2D eigenvalue weighted by Gasteiger charge is -2.25. The number of benzene rings is 1. The zero-order valence-corrected chi connectivity index (χ0v) is 12.4. The summed E-state index contributed by atoms with van der Waals surface area (Å²) in [6.07, 6.45) is -0.0859. The third-order valence-electron chi connectivity index (χ3n) is 3.80. The van der Waals surface area contributed by atoms with Gasteiger partial charge in [0.2, 0.25) is 0 Å². The van der Waals surface area contributed by atoms with Crippen molar-refractivity contribution in [2.75, 3.05) is 27.9 Å². The van der Waals surface area contributed by atoms with Crippen LogP contribution in [-0.4, -0.2) is 39.1 Å². The van der Waals surface area contributed by atoms with Crippen LogP contribution in [0.15, 0.2) is 12.1 Å². The quantitative estimate of drug-likeness (QED) is 0.897. The molecule has 1 aliphatic rings. The van der Waals surface area contributed by atoms with E-state index in [1.165, 1.54) is 0 Å². The highest BCUT2D eigenvalue weighted by Gasteiger charge is 2.35. The fraction of sp³-hybridized carbons (Fsp3) is 0.600. The number of ether oxygens (including phenoxy) is 4. The molecule has 1 heterocycles. The summed E-state index contributed by atoms with van der Waals surface area (Å²) >= 11 is 0. The predicted octanol–water partition coefficient (Wildman–Crippen LogP) is 2.17. The van der Waals surface area contributed by atoms with Crippen LogP contribution < -0.4 is 14.2 Å². The summed E-state index contributed by atoms with van der Waals surface area (Å²) in [4.78, 5) is 0. The van der Waals surface area contributed by atoms with Gasteiger partial charge in [0, 0.05) is 18.7 Å². The largest absolute Gasteiger partial charge is 0.496 e. The molecule has 0 aliphatic carbocycles. The summed E-state index contributed by atoms with van der Waals surface area (Å²) in [6, 6.07) is 3.47. The highest BCUT2D eigenvalue weighted by Crippen LogP contribution is 2.42. The summed E-state index contributed by atoms with van der Waals surface area (Å²) in [6.45, 7) is 2.74. The van der Waals surface area contributed by atoms with E-state index in [0.717, 1.165) is 6.42 Å². The van der Waals surface area contributed by atoms with Crippen molar-refractivity contribution >= 4 is 0 Å². The average Bonchev–Trinajstić information content (AvgIpc) is 2.91. The summed E-state index contributed by atoms with van der Waals surface area (Å²) < 4.78 is 21.6. The molecule has 1 aromatic rings. The van der Waals surface area contributed by atoms with E-state index in [9.17, 15) is 5.11 Å². The Hall–Kier alpha value is -1.46. The second-order valence-electron chi connectivity index (χ2n) is 4.99. The lowest BCUT2D eigenvalue weighted by Crippen LogP contribution is -2.24. The van der Waals surface area contributed by atoms with Gasteiger partial charge in [-0.15, -0.1) is 0 Å². The Morgan fingerprint density at radius 3 is 2.15 bits per heavy atom. The molecule has 1 aliphatic heterocycles. The molecule has 2 rings (SSSR count). The van der Waals surface area contributed by atoms with Crippen LogP contribution in [0.5, 0.6) is 17.2 Å². The number of methoxy groups -OCH3 is 3. The zero-order valence-electron chi connectivity index (χ0n) is 12.4. The highest BCUT2D eigenvalue weighted by molar-refractivity contribution is 5.52. The van der Waals surface area contributed by atoms with E-state index < -0.39 is 6.10 Å². The molecule has 1 N–H and O–H groups in total. The third kappa shape index (κ3) is 2.69. The van der Waals surface area contributed by atoms with Gasteiger partial charge in [0.15, 0.2) is 0 Å². The molecule has 0 aromatic heterocycles. The monoisotopic (exact) mass is 282 g/mol. The van der Waals surface area contributed by atoms with Crippen LogP contribution in [-0.2, 0) is 4.74 Å². The van der Waals surface area contributed by atoms with Crippen molar-refractivity contribution in [1.82, 2.24) is 0 Å². The molecule has 0 saturated carbocycles. The Morgan fingerprint density at radius 1 is 1.15 bits per heavy atom. The van der Waals surface area contributed by atoms with Crippen LogP contribution in [0.3, 0.4) is 0 Å². The molecule has 3 unspecified atom stereocenters. The fourth-order valence-electron chi connectivity index (χ4n) is 2.61. The van der Waals surface area contributed by atoms with E-state index >= 15 is 0 Å². The molecule has 3 atom stereocenters. The molecule has 0 bridgehead atoms. The normalized spacial score (nSPS) is 23.4. The van der Waals surface area contributed by atoms with Crippen LogP contribution in [0.2, 0.25) is 0 Å². The number of hydrogen-bond acceptors (Lipinski definition) is 5. The van der Waals surface area contributed by atoms with Gasteiger partial charge < -0.3 is 24.1 Å². The third-order valence-corrected chi connectivity index (χ3v) is 3.80. The van der Waals surface area contributed by atoms with Crippen LogP contribution in [0.25, 0.3) is 0 Å². The molecule has 5 heteroatoms. The molecule has 0 spiro atoms. The van der Waals surface area contributed by atoms with Crippen molar-refractivity contribution in [1.29, 1.82) is 0 Å². The van der Waals surface area contributed by atoms with Gasteiger partial charge in [0.25, 0.3) is 0 Å². The topological polar surface area (TPSA) is 57.2 Å². The summed E-state index contributed by atoms with van der Waals surface area (Å²) in [7, 11) is 4.69. The van der Waals surface area contributed by atoms with E-state index in [4.69, 9.17) is 18.9 Å². The Bertz CT molecular complexity index is 435. The molecule has 5 nitrogen and oxygen atoms in total. The van der Waals surface area contributed by atoms with Crippen LogP contribution in [0.4, 0.5) is 0 Å². The first-order valence-corrected chi connectivity index (χ1v) is 6.72. The molecule has 1 aromatic carbocycles. The predicted molar refractivity (Wildman–Crippen MR) is 74.6 cm³/mol. The van der Waals surface area contributed by atoms with E-state index in [0.29, 0.717) is 35.3 Å². The second kappa shape index (κ2) is 6.33. The van der Waals surface area contributed by atoms with E-state index in [-0.39, 0.29) is 6.10 Å². The lowest BCUT2D eigenvalue weighted by atomic mass is 9.93. The second-order valence-corrected chi connectivity index (χ2v) is 4.99. The van der Waals surface area contributed by atoms with Crippen molar-refractivity contribution in [3.05, 3.63) is 17.7 Å². The first-order valence-electron chi connectivity index (χ1n) is 6.72. The van der Waals surface area contributed by atoms with Gasteiger partial charge in [-0.1, -0.05) is 6.92 Å². The van der Waals surface area contributed by atoms with E-state index in [2.05, 4.69) is 6.92 Å². The summed E-state index contributed by atoms with van der Waals surface area (Å²) in [5, 5.41) is 10.7. The Kier molecular flexibility index (Phi) is 4.73. The van der Waals surface area contributed by atoms with Crippen LogP contribution >= 0.6 is 0 Å². The standard InChI is InChI=1S/C15H22O5/c1-9-5-6-20-15(9)14(16)13-11(18-3)7-10(17-2)8-12(13)19-4/h7-9,14-16H,5-6H2,1-4H3. The van der Waals surface area contributed by atoms with Crippen molar-refractivity contribution in [3.8, 4) is 17.2 Å². The molecule has 1 fully saturated rings. The van der Waals surface area contributed by atoms with Crippen molar-refractivity contribution in [2.24, 2.45) is 5.92 Å². The molecule has 0 amide bonds. The molecule has 20 heavy (non-hydrogen) atoms. The summed E-state index contributed by atoms with van der Waals surface area (Å²) in [5.41, 5.74) is 0.606. The minimum absolute atomic E-state index is 0.244. The van der Waals surface area contributed by atoms with E-state index in [1.54, 1.807) is 33.5 Å². The minimum Gasteiger partial charge on any atom is -0.496 e. The van der Waals surface area contributed by atoms with Gasteiger partial charge in [-0.05, 0) is 12.3 Å². The molecule has 0 radical (unpaired) electrons. The Labute approximate surface area is 119 Å². The highest BCUT2D eigenvalue weighted by atomic mass is 16.5.